The molecule has 0 fully saturated rings. The largest absolute Gasteiger partial charge is 0.377 e. The standard InChI is InChI=1S/C18H23NO/c1-19-18(14-16-8-4-2-5-9-16)12-13-20-15-17-10-6-3-7-11-17/h2-11,18-19H,12-15H2,1H3. The Bertz CT molecular complexity index is 469. The van der Waals surface area contributed by atoms with Crippen molar-refractivity contribution in [1.82, 2.24) is 5.32 Å². The molecule has 0 aromatic heterocycles. The third-order valence-corrected chi connectivity index (χ3v) is 3.46. The zero-order valence-corrected chi connectivity index (χ0v) is 12.1. The van der Waals surface area contributed by atoms with E-state index in [4.69, 9.17) is 4.74 Å². The molecule has 0 radical (unpaired) electrons. The molecule has 2 nitrogen and oxygen atoms in total. The summed E-state index contributed by atoms with van der Waals surface area (Å²) >= 11 is 0. The molecule has 1 unspecified atom stereocenters. The van der Waals surface area contributed by atoms with Crippen LogP contribution in [0.1, 0.15) is 17.5 Å². The maximum atomic E-state index is 5.75. The van der Waals surface area contributed by atoms with Crippen LogP contribution in [-0.4, -0.2) is 19.7 Å². The van der Waals surface area contributed by atoms with Gasteiger partial charge >= 0.3 is 0 Å². The maximum Gasteiger partial charge on any atom is 0.0716 e. The van der Waals surface area contributed by atoms with Gasteiger partial charge in [-0.15, -0.1) is 0 Å². The van der Waals surface area contributed by atoms with Gasteiger partial charge in [-0.3, -0.25) is 0 Å². The molecule has 1 N–H and O–H groups in total. The number of hydrogen-bond donors (Lipinski definition) is 1. The average molecular weight is 269 g/mol. The fourth-order valence-electron chi connectivity index (χ4n) is 2.24. The van der Waals surface area contributed by atoms with Gasteiger partial charge in [0.15, 0.2) is 0 Å². The third kappa shape index (κ3) is 5.16. The second-order valence-corrected chi connectivity index (χ2v) is 5.00. The first-order valence-electron chi connectivity index (χ1n) is 7.21. The van der Waals surface area contributed by atoms with Gasteiger partial charge in [-0.25, -0.2) is 0 Å². The number of ether oxygens (including phenoxy) is 1. The summed E-state index contributed by atoms with van der Waals surface area (Å²) in [6.07, 6.45) is 2.07. The highest BCUT2D eigenvalue weighted by Crippen LogP contribution is 2.07. The normalized spacial score (nSPS) is 12.2. The Balaban J connectivity index is 1.69. The highest BCUT2D eigenvalue weighted by atomic mass is 16.5. The van der Waals surface area contributed by atoms with Crippen molar-refractivity contribution in [2.24, 2.45) is 0 Å². The zero-order valence-electron chi connectivity index (χ0n) is 12.1. The molecule has 0 heterocycles. The van der Waals surface area contributed by atoms with E-state index in [2.05, 4.69) is 47.8 Å². The summed E-state index contributed by atoms with van der Waals surface area (Å²) in [5.41, 5.74) is 2.60. The Labute approximate surface area is 121 Å². The second-order valence-electron chi connectivity index (χ2n) is 5.00. The van der Waals surface area contributed by atoms with Crippen molar-refractivity contribution in [2.45, 2.75) is 25.5 Å². The van der Waals surface area contributed by atoms with Crippen molar-refractivity contribution in [2.75, 3.05) is 13.7 Å². The van der Waals surface area contributed by atoms with Crippen molar-refractivity contribution in [1.29, 1.82) is 0 Å². The summed E-state index contributed by atoms with van der Waals surface area (Å²) in [4.78, 5) is 0. The maximum absolute atomic E-state index is 5.75. The lowest BCUT2D eigenvalue weighted by Crippen LogP contribution is -2.29. The van der Waals surface area contributed by atoms with Crippen LogP contribution in [0.4, 0.5) is 0 Å². The van der Waals surface area contributed by atoms with Crippen LogP contribution in [0.15, 0.2) is 60.7 Å². The molecule has 0 aliphatic heterocycles. The minimum Gasteiger partial charge on any atom is -0.377 e. The number of likely N-dealkylation sites (N-methyl/N-ethyl adjacent to an activating group) is 1. The molecule has 0 saturated carbocycles. The van der Waals surface area contributed by atoms with Crippen LogP contribution in [0.5, 0.6) is 0 Å². The Kier molecular flexibility index (Phi) is 6.28. The van der Waals surface area contributed by atoms with E-state index in [-0.39, 0.29) is 0 Å². The predicted octanol–water partition coefficient (Wildman–Crippen LogP) is 3.42. The Morgan fingerprint density at radius 3 is 2.10 bits per heavy atom. The minimum absolute atomic E-state index is 0.466. The van der Waals surface area contributed by atoms with E-state index in [1.165, 1.54) is 11.1 Å². The van der Waals surface area contributed by atoms with Crippen LogP contribution >= 0.6 is 0 Å². The molecule has 0 amide bonds. The molecule has 2 aromatic rings. The first-order chi connectivity index (χ1) is 9.88. The number of benzene rings is 2. The van der Waals surface area contributed by atoms with Crippen molar-refractivity contribution < 1.29 is 4.74 Å². The minimum atomic E-state index is 0.466. The molecule has 106 valence electrons. The van der Waals surface area contributed by atoms with Crippen LogP contribution in [0.2, 0.25) is 0 Å². The summed E-state index contributed by atoms with van der Waals surface area (Å²) in [6.45, 7) is 1.48. The highest BCUT2D eigenvalue weighted by Gasteiger charge is 2.06. The monoisotopic (exact) mass is 269 g/mol. The van der Waals surface area contributed by atoms with Gasteiger partial charge in [0.2, 0.25) is 0 Å². The number of nitrogens with one attached hydrogen (secondary N) is 1. The first kappa shape index (κ1) is 14.8. The van der Waals surface area contributed by atoms with Gasteiger partial charge in [-0.1, -0.05) is 60.7 Å². The summed E-state index contributed by atoms with van der Waals surface area (Å²) in [5, 5.41) is 3.37. The Hall–Kier alpha value is -1.64. The van der Waals surface area contributed by atoms with E-state index >= 15 is 0 Å². The lowest BCUT2D eigenvalue weighted by Gasteiger charge is -2.16. The molecule has 2 heteroatoms. The van der Waals surface area contributed by atoms with E-state index < -0.39 is 0 Å². The van der Waals surface area contributed by atoms with Gasteiger partial charge in [0, 0.05) is 12.6 Å². The number of rotatable bonds is 8. The van der Waals surface area contributed by atoms with Gasteiger partial charge in [0.1, 0.15) is 0 Å². The summed E-state index contributed by atoms with van der Waals surface area (Å²) in [6, 6.07) is 21.4. The molecule has 0 bridgehead atoms. The van der Waals surface area contributed by atoms with Crippen molar-refractivity contribution >= 4 is 0 Å². The van der Waals surface area contributed by atoms with Crippen LogP contribution < -0.4 is 5.32 Å². The molecule has 1 atom stereocenters. The molecule has 2 rings (SSSR count). The SMILES string of the molecule is CNC(CCOCc1ccccc1)Cc1ccccc1. The summed E-state index contributed by atoms with van der Waals surface area (Å²) in [7, 11) is 2.02. The molecule has 2 aromatic carbocycles. The molecule has 0 spiro atoms. The summed E-state index contributed by atoms with van der Waals surface area (Å²) < 4.78 is 5.75. The van der Waals surface area contributed by atoms with E-state index in [0.29, 0.717) is 12.6 Å². The van der Waals surface area contributed by atoms with Crippen LogP contribution in [0.3, 0.4) is 0 Å². The highest BCUT2D eigenvalue weighted by molar-refractivity contribution is 5.16. The molecule has 0 aliphatic rings. The van der Waals surface area contributed by atoms with E-state index in [1.807, 2.05) is 25.2 Å². The Morgan fingerprint density at radius 2 is 1.50 bits per heavy atom. The number of hydrogen-bond acceptors (Lipinski definition) is 2. The topological polar surface area (TPSA) is 21.3 Å². The molecular weight excluding hydrogens is 246 g/mol. The predicted molar refractivity (Wildman–Crippen MR) is 83.7 cm³/mol. The lowest BCUT2D eigenvalue weighted by molar-refractivity contribution is 0.112. The fraction of sp³-hybridized carbons (Fsp3) is 0.333. The smallest absolute Gasteiger partial charge is 0.0716 e. The van der Waals surface area contributed by atoms with Crippen molar-refractivity contribution in [3.05, 3.63) is 71.8 Å². The van der Waals surface area contributed by atoms with E-state index in [0.717, 1.165) is 19.4 Å². The fourth-order valence-corrected chi connectivity index (χ4v) is 2.24. The van der Waals surface area contributed by atoms with Crippen molar-refractivity contribution in [3.8, 4) is 0 Å². The lowest BCUT2D eigenvalue weighted by atomic mass is 10.0. The molecular formula is C18H23NO. The van der Waals surface area contributed by atoms with E-state index in [9.17, 15) is 0 Å². The Morgan fingerprint density at radius 1 is 0.900 bits per heavy atom. The van der Waals surface area contributed by atoms with Crippen LogP contribution in [0, 0.1) is 0 Å². The van der Waals surface area contributed by atoms with E-state index in [1.54, 1.807) is 0 Å². The van der Waals surface area contributed by atoms with Gasteiger partial charge < -0.3 is 10.1 Å². The van der Waals surface area contributed by atoms with Gasteiger partial charge in [-0.2, -0.15) is 0 Å². The first-order valence-corrected chi connectivity index (χ1v) is 7.21. The molecule has 20 heavy (non-hydrogen) atoms. The molecule has 0 saturated heterocycles. The molecule has 0 aliphatic carbocycles. The van der Waals surface area contributed by atoms with Gasteiger partial charge in [0.25, 0.3) is 0 Å². The zero-order chi connectivity index (χ0) is 14.0. The summed E-state index contributed by atoms with van der Waals surface area (Å²) in [5.74, 6) is 0. The third-order valence-electron chi connectivity index (χ3n) is 3.46. The van der Waals surface area contributed by atoms with Crippen molar-refractivity contribution in [3.63, 3.8) is 0 Å². The van der Waals surface area contributed by atoms with Crippen LogP contribution in [0.25, 0.3) is 0 Å². The van der Waals surface area contributed by atoms with Crippen LogP contribution in [-0.2, 0) is 17.8 Å². The van der Waals surface area contributed by atoms with Gasteiger partial charge in [-0.05, 0) is 31.0 Å². The quantitative estimate of drug-likeness (QED) is 0.741. The second kappa shape index (κ2) is 8.51. The average Bonchev–Trinajstić information content (AvgIpc) is 2.52. The van der Waals surface area contributed by atoms with Gasteiger partial charge in [0.05, 0.1) is 6.61 Å².